The fourth-order valence-electron chi connectivity index (χ4n) is 2.35. The summed E-state index contributed by atoms with van der Waals surface area (Å²) in [5, 5.41) is 2.71. The molecule has 0 radical (unpaired) electrons. The van der Waals surface area contributed by atoms with Crippen LogP contribution in [0.1, 0.15) is 31.9 Å². The van der Waals surface area contributed by atoms with Crippen LogP contribution in [0, 0.1) is 6.92 Å². The second kappa shape index (κ2) is 7.50. The third kappa shape index (κ3) is 5.33. The van der Waals surface area contributed by atoms with Crippen LogP contribution in [-0.2, 0) is 20.0 Å². The summed E-state index contributed by atoms with van der Waals surface area (Å²) in [6.45, 7) is 7.97. The summed E-state index contributed by atoms with van der Waals surface area (Å²) in [5.74, 6) is 0.272. The first kappa shape index (κ1) is 20.0. The van der Waals surface area contributed by atoms with Gasteiger partial charge in [-0.2, -0.15) is 0 Å². The number of benzene rings is 2. The van der Waals surface area contributed by atoms with E-state index in [0.29, 0.717) is 11.4 Å². The smallest absolute Gasteiger partial charge is 0.262 e. The molecule has 0 saturated heterocycles. The zero-order chi connectivity index (χ0) is 19.5. The van der Waals surface area contributed by atoms with Crippen LogP contribution >= 0.6 is 0 Å². The van der Waals surface area contributed by atoms with Crippen LogP contribution in [0.2, 0.25) is 0 Å². The van der Waals surface area contributed by atoms with E-state index < -0.39 is 9.84 Å². The number of hydrogen-bond acceptors (Lipinski definition) is 4. The van der Waals surface area contributed by atoms with Gasteiger partial charge in [0.15, 0.2) is 16.4 Å². The van der Waals surface area contributed by atoms with Crippen molar-refractivity contribution in [2.75, 3.05) is 18.2 Å². The Morgan fingerprint density at radius 2 is 1.81 bits per heavy atom. The molecule has 0 fully saturated rings. The fraction of sp³-hybridized carbons (Fsp3) is 0.350. The molecule has 140 valence electrons. The van der Waals surface area contributed by atoms with E-state index in [9.17, 15) is 13.2 Å². The Balaban J connectivity index is 2.06. The van der Waals surface area contributed by atoms with Crippen LogP contribution in [0.5, 0.6) is 5.75 Å². The topological polar surface area (TPSA) is 72.5 Å². The lowest BCUT2D eigenvalue weighted by molar-refractivity contribution is -0.118. The summed E-state index contributed by atoms with van der Waals surface area (Å²) in [6, 6.07) is 12.3. The molecule has 26 heavy (non-hydrogen) atoms. The molecule has 0 aromatic heterocycles. The Labute approximate surface area is 155 Å². The van der Waals surface area contributed by atoms with Gasteiger partial charge in [-0.25, -0.2) is 8.42 Å². The molecule has 0 aliphatic rings. The van der Waals surface area contributed by atoms with E-state index in [1.807, 2.05) is 18.2 Å². The van der Waals surface area contributed by atoms with Crippen molar-refractivity contribution >= 4 is 21.4 Å². The minimum Gasteiger partial charge on any atom is -0.484 e. The second-order valence-electron chi connectivity index (χ2n) is 7.36. The number of aryl methyl sites for hydroxylation is 1. The van der Waals surface area contributed by atoms with E-state index in [1.165, 1.54) is 12.1 Å². The van der Waals surface area contributed by atoms with E-state index in [0.717, 1.165) is 17.4 Å². The van der Waals surface area contributed by atoms with Crippen LogP contribution in [0.15, 0.2) is 47.4 Å². The maximum absolute atomic E-state index is 12.2. The first-order chi connectivity index (χ1) is 12.0. The number of ether oxygens (including phenoxy) is 1. The highest BCUT2D eigenvalue weighted by Crippen LogP contribution is 2.25. The minimum atomic E-state index is -3.33. The monoisotopic (exact) mass is 375 g/mol. The molecule has 0 atom stereocenters. The Morgan fingerprint density at radius 3 is 2.42 bits per heavy atom. The summed E-state index contributed by atoms with van der Waals surface area (Å²) in [7, 11) is -3.33. The van der Waals surface area contributed by atoms with E-state index in [4.69, 9.17) is 4.74 Å². The predicted molar refractivity (Wildman–Crippen MR) is 104 cm³/mol. The molecule has 1 amide bonds. The van der Waals surface area contributed by atoms with Gasteiger partial charge in [0.1, 0.15) is 5.75 Å². The summed E-state index contributed by atoms with van der Waals surface area (Å²) in [6.07, 6.45) is 1.13. The molecule has 1 N–H and O–H groups in total. The van der Waals surface area contributed by atoms with Crippen molar-refractivity contribution in [2.24, 2.45) is 0 Å². The van der Waals surface area contributed by atoms with Gasteiger partial charge in [0, 0.05) is 11.9 Å². The van der Waals surface area contributed by atoms with Crippen molar-refractivity contribution in [1.82, 2.24) is 0 Å². The van der Waals surface area contributed by atoms with Crippen LogP contribution in [0.3, 0.4) is 0 Å². The molecule has 2 aromatic carbocycles. The van der Waals surface area contributed by atoms with E-state index >= 15 is 0 Å². The number of rotatable bonds is 5. The zero-order valence-electron chi connectivity index (χ0n) is 15.8. The normalized spacial score (nSPS) is 11.9. The number of hydrogen-bond donors (Lipinski definition) is 1. The molecular formula is C20H25NO4S. The third-order valence-corrected chi connectivity index (χ3v) is 5.09. The summed E-state index contributed by atoms with van der Waals surface area (Å²) in [4.78, 5) is 12.4. The Kier molecular flexibility index (Phi) is 5.76. The first-order valence-corrected chi connectivity index (χ1v) is 10.2. The number of anilines is 1. The highest BCUT2D eigenvalue weighted by Gasteiger charge is 2.15. The number of amides is 1. The van der Waals surface area contributed by atoms with Crippen LogP contribution in [0.25, 0.3) is 0 Å². The van der Waals surface area contributed by atoms with Crippen LogP contribution < -0.4 is 10.1 Å². The van der Waals surface area contributed by atoms with Gasteiger partial charge in [-0.1, -0.05) is 39.0 Å². The van der Waals surface area contributed by atoms with E-state index in [2.05, 4.69) is 26.1 Å². The molecule has 0 aliphatic heterocycles. The summed E-state index contributed by atoms with van der Waals surface area (Å²) >= 11 is 0. The van der Waals surface area contributed by atoms with Gasteiger partial charge in [-0.15, -0.1) is 0 Å². The highest BCUT2D eigenvalue weighted by atomic mass is 32.2. The second-order valence-corrected chi connectivity index (χ2v) is 9.38. The van der Waals surface area contributed by atoms with Crippen molar-refractivity contribution in [2.45, 2.75) is 38.0 Å². The quantitative estimate of drug-likeness (QED) is 0.865. The van der Waals surface area contributed by atoms with Gasteiger partial charge in [-0.05, 0) is 47.7 Å². The van der Waals surface area contributed by atoms with E-state index in [1.54, 1.807) is 19.1 Å². The maximum Gasteiger partial charge on any atom is 0.262 e. The molecule has 0 heterocycles. The molecule has 6 heteroatoms. The Hall–Kier alpha value is -2.34. The van der Waals surface area contributed by atoms with Crippen molar-refractivity contribution in [3.8, 4) is 5.75 Å². The lowest BCUT2D eigenvalue weighted by Gasteiger charge is -2.19. The molecule has 0 spiro atoms. The largest absolute Gasteiger partial charge is 0.484 e. The Morgan fingerprint density at radius 1 is 1.12 bits per heavy atom. The lowest BCUT2D eigenvalue weighted by atomic mass is 9.87. The third-order valence-electron chi connectivity index (χ3n) is 3.98. The molecule has 0 aliphatic carbocycles. The molecular weight excluding hydrogens is 350 g/mol. The van der Waals surface area contributed by atoms with Crippen molar-refractivity contribution in [1.29, 1.82) is 0 Å². The van der Waals surface area contributed by atoms with Gasteiger partial charge in [0.25, 0.3) is 5.91 Å². The molecule has 5 nitrogen and oxygen atoms in total. The Bertz CT molecular complexity index is 912. The number of nitrogens with one attached hydrogen (secondary N) is 1. The zero-order valence-corrected chi connectivity index (χ0v) is 16.6. The van der Waals surface area contributed by atoms with Gasteiger partial charge in [-0.3, -0.25) is 4.79 Å². The number of sulfone groups is 1. The first-order valence-electron chi connectivity index (χ1n) is 8.31. The molecule has 2 aromatic rings. The van der Waals surface area contributed by atoms with Gasteiger partial charge in [0.2, 0.25) is 0 Å². The molecule has 0 bridgehead atoms. The molecule has 0 saturated carbocycles. The molecule has 2 rings (SSSR count). The van der Waals surface area contributed by atoms with Gasteiger partial charge < -0.3 is 10.1 Å². The standard InChI is InChI=1S/C20H25NO4S/c1-14-9-10-17(26(5,23)24)12-18(14)21-19(22)13-25-16-8-6-7-15(11-16)20(2,3)4/h6-12H,13H2,1-5H3,(H,21,22). The van der Waals surface area contributed by atoms with Crippen molar-refractivity contribution in [3.63, 3.8) is 0 Å². The van der Waals surface area contributed by atoms with Crippen molar-refractivity contribution < 1.29 is 17.9 Å². The van der Waals surface area contributed by atoms with E-state index in [-0.39, 0.29) is 22.8 Å². The average molecular weight is 375 g/mol. The number of carbonyl (C=O) groups excluding carboxylic acids is 1. The molecule has 0 unspecified atom stereocenters. The fourth-order valence-corrected chi connectivity index (χ4v) is 3.00. The number of carbonyl (C=O) groups is 1. The average Bonchev–Trinajstić information content (AvgIpc) is 2.53. The van der Waals surface area contributed by atoms with Crippen LogP contribution in [0.4, 0.5) is 5.69 Å². The summed E-state index contributed by atoms with van der Waals surface area (Å²) in [5.41, 5.74) is 2.35. The predicted octanol–water partition coefficient (Wildman–Crippen LogP) is 3.71. The lowest BCUT2D eigenvalue weighted by Crippen LogP contribution is -2.21. The van der Waals surface area contributed by atoms with Gasteiger partial charge >= 0.3 is 0 Å². The van der Waals surface area contributed by atoms with Crippen LogP contribution in [-0.4, -0.2) is 27.2 Å². The summed E-state index contributed by atoms with van der Waals surface area (Å²) < 4.78 is 28.9. The van der Waals surface area contributed by atoms with Crippen molar-refractivity contribution in [3.05, 3.63) is 53.6 Å². The maximum atomic E-state index is 12.2. The minimum absolute atomic E-state index is 0.00910. The SMILES string of the molecule is Cc1ccc(S(C)(=O)=O)cc1NC(=O)COc1cccc(C(C)(C)C)c1. The highest BCUT2D eigenvalue weighted by molar-refractivity contribution is 7.90. The van der Waals surface area contributed by atoms with Gasteiger partial charge in [0.05, 0.1) is 4.90 Å².